The number of hydrogen-bond acceptors (Lipinski definition) is 21. The number of hydrogen-bond donors (Lipinski definition) is 5. The van der Waals surface area contributed by atoms with Gasteiger partial charge < -0.3 is 72.9 Å². The topological polar surface area (TPSA) is 296 Å². The molecule has 358 valence electrons. The molecule has 0 spiro atoms. The van der Waals surface area contributed by atoms with Crippen LogP contribution >= 0.6 is 0 Å². The van der Waals surface area contributed by atoms with Gasteiger partial charge in [0.2, 0.25) is 5.79 Å². The molecule has 2 fully saturated rings. The van der Waals surface area contributed by atoms with Crippen molar-refractivity contribution < 1.29 is 102 Å². The zero-order valence-corrected chi connectivity index (χ0v) is 36.3. The van der Waals surface area contributed by atoms with E-state index in [9.17, 15) is 54.3 Å². The van der Waals surface area contributed by atoms with Gasteiger partial charge >= 0.3 is 35.8 Å². The van der Waals surface area contributed by atoms with Crippen LogP contribution in [0.4, 0.5) is 0 Å². The zero-order chi connectivity index (χ0) is 48.8. The molecule has 0 aliphatic carbocycles. The summed E-state index contributed by atoms with van der Waals surface area (Å²) in [4.78, 5) is 72.6. The minimum Gasteiger partial charge on any atom is -0.493 e. The highest BCUT2D eigenvalue weighted by Gasteiger charge is 2.61. The normalized spacial score (nSPS) is 24.9. The number of ether oxygens (including phenoxy) is 10. The second kappa shape index (κ2) is 23.6. The van der Waals surface area contributed by atoms with Gasteiger partial charge in [0.05, 0.1) is 7.11 Å². The van der Waals surface area contributed by atoms with Crippen molar-refractivity contribution in [2.75, 3.05) is 26.9 Å². The third-order valence-electron chi connectivity index (χ3n) is 9.66. The second-order valence-electron chi connectivity index (χ2n) is 14.7. The van der Waals surface area contributed by atoms with Crippen LogP contribution in [0.1, 0.15) is 37.5 Å². The maximum atomic E-state index is 13.2. The minimum absolute atomic E-state index is 0.143. The summed E-state index contributed by atoms with van der Waals surface area (Å²) in [6.45, 7) is 1.01. The van der Waals surface area contributed by atoms with Crippen molar-refractivity contribution in [3.8, 4) is 23.0 Å². The average molecular weight is 937 g/mol. The third kappa shape index (κ3) is 14.3. The summed E-state index contributed by atoms with van der Waals surface area (Å²) in [5, 5.41) is 54.9. The number of rotatable bonds is 18. The molecular formula is C46H48O21. The number of methoxy groups -OCH3 is 1. The molecule has 5 N–H and O–H groups in total. The lowest BCUT2D eigenvalue weighted by molar-refractivity contribution is -0.383. The van der Waals surface area contributed by atoms with Crippen LogP contribution in [0.25, 0.3) is 18.2 Å². The summed E-state index contributed by atoms with van der Waals surface area (Å²) < 4.78 is 53.8. The summed E-state index contributed by atoms with van der Waals surface area (Å²) in [6.07, 6.45) is -8.04. The van der Waals surface area contributed by atoms with Gasteiger partial charge in [0.15, 0.2) is 23.9 Å². The predicted octanol–water partition coefficient (Wildman–Crippen LogP) is 1.18. The molecule has 0 radical (unpaired) electrons. The number of aliphatic hydroxyl groups is 5. The Hall–Kier alpha value is -6.82. The van der Waals surface area contributed by atoms with Gasteiger partial charge in [-0.15, -0.1) is 0 Å². The first-order valence-corrected chi connectivity index (χ1v) is 20.3. The van der Waals surface area contributed by atoms with E-state index < -0.39 is 110 Å². The fraction of sp³-hybridized carbons (Fsp3) is 0.348. The molecule has 0 aromatic heterocycles. The molecule has 3 aromatic carbocycles. The average Bonchev–Trinajstić information content (AvgIpc) is 3.55. The van der Waals surface area contributed by atoms with Crippen molar-refractivity contribution in [2.45, 2.75) is 75.6 Å². The number of esters is 6. The highest BCUT2D eigenvalue weighted by molar-refractivity contribution is 5.88. The van der Waals surface area contributed by atoms with Gasteiger partial charge in [0, 0.05) is 39.0 Å². The largest absolute Gasteiger partial charge is 0.493 e. The molecule has 9 atom stereocenters. The summed E-state index contributed by atoms with van der Waals surface area (Å²) in [7, 11) is 1.35. The van der Waals surface area contributed by atoms with E-state index in [0.717, 1.165) is 18.2 Å². The second-order valence-corrected chi connectivity index (χ2v) is 14.7. The molecular weight excluding hydrogens is 888 g/mol. The van der Waals surface area contributed by atoms with Gasteiger partial charge in [0.25, 0.3) is 0 Å². The molecule has 21 heteroatoms. The monoisotopic (exact) mass is 936 g/mol. The van der Waals surface area contributed by atoms with Crippen LogP contribution in [0, 0.1) is 0 Å². The van der Waals surface area contributed by atoms with Crippen molar-refractivity contribution in [3.05, 3.63) is 102 Å². The van der Waals surface area contributed by atoms with Crippen LogP contribution in [0.2, 0.25) is 0 Å². The molecule has 0 saturated carbocycles. The third-order valence-corrected chi connectivity index (χ3v) is 9.66. The SMILES string of the molecule is COc1cc(/C=C/C(=O)OC[C@H]2O[C@H](O[C@]3(CO)O[C@H](COC(=O)/C=C/c4ccc(OC(C)=O)cc4)[C@@H](O)[C@@H]3OC(=O)/C=C/c3ccc(OC(C)=O)cc3)[C@H](O)[C@@H](O)[C@@H]2O)ccc1OC(C)=O. The molecule has 67 heavy (non-hydrogen) atoms. The molecule has 5 rings (SSSR count). The summed E-state index contributed by atoms with van der Waals surface area (Å²) in [6, 6.07) is 16.5. The fourth-order valence-electron chi connectivity index (χ4n) is 6.48. The molecule has 0 unspecified atom stereocenters. The van der Waals surface area contributed by atoms with Crippen molar-refractivity contribution in [1.29, 1.82) is 0 Å². The van der Waals surface area contributed by atoms with E-state index in [2.05, 4.69) is 0 Å². The van der Waals surface area contributed by atoms with E-state index in [4.69, 9.17) is 47.4 Å². The molecule has 3 aromatic rings. The smallest absolute Gasteiger partial charge is 0.331 e. The molecule has 21 nitrogen and oxygen atoms in total. The minimum atomic E-state index is -2.62. The van der Waals surface area contributed by atoms with Crippen molar-refractivity contribution in [3.63, 3.8) is 0 Å². The van der Waals surface area contributed by atoms with Gasteiger partial charge in [-0.1, -0.05) is 30.3 Å². The maximum absolute atomic E-state index is 13.2. The van der Waals surface area contributed by atoms with Crippen molar-refractivity contribution in [1.82, 2.24) is 0 Å². The van der Waals surface area contributed by atoms with Gasteiger partial charge in [-0.05, 0) is 71.3 Å². The van der Waals surface area contributed by atoms with Gasteiger partial charge in [0.1, 0.15) is 67.9 Å². The van der Waals surface area contributed by atoms with Gasteiger partial charge in [-0.3, -0.25) is 14.4 Å². The molecule has 0 amide bonds. The van der Waals surface area contributed by atoms with Gasteiger partial charge in [-0.2, -0.15) is 0 Å². The highest BCUT2D eigenvalue weighted by atomic mass is 16.8. The Labute approximate surface area is 382 Å². The summed E-state index contributed by atoms with van der Waals surface area (Å²) in [5.41, 5.74) is 1.40. The van der Waals surface area contributed by atoms with Crippen molar-refractivity contribution in [2.24, 2.45) is 0 Å². The van der Waals surface area contributed by atoms with E-state index in [-0.39, 0.29) is 23.0 Å². The Morgan fingerprint density at radius 2 is 1.09 bits per heavy atom. The number of carbonyl (C=O) groups excluding carboxylic acids is 6. The first-order chi connectivity index (χ1) is 31.9. The molecule has 2 saturated heterocycles. The molecule has 0 bridgehead atoms. The van der Waals surface area contributed by atoms with Crippen LogP contribution in [-0.2, 0) is 57.2 Å². The van der Waals surface area contributed by atoms with Gasteiger partial charge in [-0.25, -0.2) is 14.4 Å². The van der Waals surface area contributed by atoms with Crippen molar-refractivity contribution >= 4 is 54.0 Å². The summed E-state index contributed by atoms with van der Waals surface area (Å²) in [5.74, 6) is -6.39. The Morgan fingerprint density at radius 1 is 0.597 bits per heavy atom. The first-order valence-electron chi connectivity index (χ1n) is 20.3. The molecule has 2 aliphatic heterocycles. The van der Waals surface area contributed by atoms with E-state index in [1.807, 2.05) is 0 Å². The van der Waals surface area contributed by atoms with Crippen LogP contribution in [0.15, 0.2) is 85.0 Å². The lowest BCUT2D eigenvalue weighted by Gasteiger charge is -2.43. The Morgan fingerprint density at radius 3 is 1.60 bits per heavy atom. The number of aliphatic hydroxyl groups excluding tert-OH is 5. The number of carbonyl (C=O) groups is 6. The van der Waals surface area contributed by atoms with Crippen LogP contribution in [0.5, 0.6) is 23.0 Å². The number of benzene rings is 3. The lowest BCUT2D eigenvalue weighted by Crippen LogP contribution is -2.63. The Bertz CT molecular complexity index is 2320. The summed E-state index contributed by atoms with van der Waals surface area (Å²) >= 11 is 0. The maximum Gasteiger partial charge on any atom is 0.331 e. The van der Waals surface area contributed by atoms with E-state index >= 15 is 0 Å². The quantitative estimate of drug-likeness (QED) is 0.0518. The molecule has 2 heterocycles. The zero-order valence-electron chi connectivity index (χ0n) is 36.3. The predicted molar refractivity (Wildman–Crippen MR) is 227 cm³/mol. The first kappa shape index (κ1) is 51.2. The Kier molecular flexibility index (Phi) is 18.0. The lowest BCUT2D eigenvalue weighted by atomic mass is 9.98. The Balaban J connectivity index is 1.30. The van der Waals surface area contributed by atoms with E-state index in [1.54, 1.807) is 12.1 Å². The molecule has 2 aliphatic rings. The van der Waals surface area contributed by atoms with Crippen LogP contribution < -0.4 is 18.9 Å². The van der Waals surface area contributed by atoms with Crippen LogP contribution in [0.3, 0.4) is 0 Å². The fourth-order valence-corrected chi connectivity index (χ4v) is 6.48. The van der Waals surface area contributed by atoms with E-state index in [0.29, 0.717) is 16.7 Å². The highest BCUT2D eigenvalue weighted by Crippen LogP contribution is 2.38. The van der Waals surface area contributed by atoms with Crippen LogP contribution in [-0.4, -0.2) is 143 Å². The van der Waals surface area contributed by atoms with E-state index in [1.165, 1.54) is 101 Å². The standard InChI is InChI=1S/C46H48O21/c1-25(48)61-31-13-5-28(6-14-31)10-18-37(51)60-23-36-41(55)44(65-39(53)20-11-29-7-15-32(16-8-29)62-26(2)49)46(24-47,66-36)67-45-43(57)42(56)40(54)35(64-45)22-59-38(52)19-12-30-9-17-33(63-27(3)50)34(21-30)58-4/h5-21,35-36,40-45,47,54-57H,22-24H2,1-4H3/b18-10+,19-12+,20-11+/t35-,36-,40-,41-,42+,43-,44+,45-,46+/m1/s1.